The van der Waals surface area contributed by atoms with Crippen molar-refractivity contribution in [2.24, 2.45) is 0 Å². The van der Waals surface area contributed by atoms with Gasteiger partial charge in [-0.3, -0.25) is 9.78 Å². The van der Waals surface area contributed by atoms with E-state index >= 15 is 0 Å². The predicted octanol–water partition coefficient (Wildman–Crippen LogP) is 3.64. The third-order valence-corrected chi connectivity index (χ3v) is 5.05. The zero-order valence-corrected chi connectivity index (χ0v) is 14.0. The van der Waals surface area contributed by atoms with Gasteiger partial charge < -0.3 is 9.64 Å². The molecule has 1 aromatic carbocycles. The van der Waals surface area contributed by atoms with E-state index in [1.807, 2.05) is 42.2 Å². The Labute approximate surface area is 140 Å². The fraction of sp³-hybridized carbons (Fsp3) is 0.333. The molecule has 23 heavy (non-hydrogen) atoms. The molecule has 1 saturated heterocycles. The number of aromatic nitrogens is 1. The van der Waals surface area contributed by atoms with Crippen LogP contribution in [0.25, 0.3) is 0 Å². The van der Waals surface area contributed by atoms with Gasteiger partial charge in [0.05, 0.1) is 6.61 Å². The van der Waals surface area contributed by atoms with Crippen molar-refractivity contribution in [2.45, 2.75) is 25.3 Å². The van der Waals surface area contributed by atoms with E-state index in [0.29, 0.717) is 19.6 Å². The van der Waals surface area contributed by atoms with Crippen LogP contribution in [0.3, 0.4) is 0 Å². The maximum atomic E-state index is 12.5. The van der Waals surface area contributed by atoms with Crippen molar-refractivity contribution >= 4 is 17.7 Å². The Bertz CT molecular complexity index is 663. The number of thioether (sulfide) groups is 1. The number of ether oxygens (including phenoxy) is 1. The zero-order valence-electron chi connectivity index (χ0n) is 13.1. The van der Waals surface area contributed by atoms with E-state index in [9.17, 15) is 4.79 Å². The Morgan fingerprint density at radius 1 is 1.26 bits per heavy atom. The molecule has 1 aliphatic rings. The highest BCUT2D eigenvalue weighted by Gasteiger charge is 2.31. The fourth-order valence-corrected chi connectivity index (χ4v) is 3.97. The number of pyridine rings is 1. The predicted molar refractivity (Wildman–Crippen MR) is 92.2 cm³/mol. The SMILES string of the molecule is CCOc1ccccc1C1SCCC(=O)N1Cc1ccncc1. The van der Waals surface area contributed by atoms with Gasteiger partial charge in [-0.25, -0.2) is 0 Å². The Morgan fingerprint density at radius 2 is 2.04 bits per heavy atom. The smallest absolute Gasteiger partial charge is 0.224 e. The van der Waals surface area contributed by atoms with Gasteiger partial charge in [-0.1, -0.05) is 18.2 Å². The first-order valence-electron chi connectivity index (χ1n) is 7.81. The Hall–Kier alpha value is -2.01. The van der Waals surface area contributed by atoms with Crippen LogP contribution in [0.4, 0.5) is 0 Å². The van der Waals surface area contributed by atoms with Gasteiger partial charge in [0.25, 0.3) is 0 Å². The van der Waals surface area contributed by atoms with Crippen molar-refractivity contribution in [2.75, 3.05) is 12.4 Å². The molecule has 0 saturated carbocycles. The molecule has 1 aromatic heterocycles. The number of rotatable bonds is 5. The van der Waals surface area contributed by atoms with Crippen molar-refractivity contribution in [3.8, 4) is 5.75 Å². The highest BCUT2D eigenvalue weighted by atomic mass is 32.2. The van der Waals surface area contributed by atoms with Crippen LogP contribution in [0.2, 0.25) is 0 Å². The summed E-state index contributed by atoms with van der Waals surface area (Å²) in [6.45, 7) is 3.19. The molecule has 1 aliphatic heterocycles. The molecular formula is C18H20N2O2S. The third kappa shape index (κ3) is 3.67. The first-order valence-corrected chi connectivity index (χ1v) is 8.86. The molecule has 0 N–H and O–H groups in total. The third-order valence-electron chi connectivity index (χ3n) is 3.78. The number of para-hydroxylation sites is 1. The highest BCUT2D eigenvalue weighted by molar-refractivity contribution is 7.99. The minimum Gasteiger partial charge on any atom is -0.493 e. The van der Waals surface area contributed by atoms with E-state index in [1.54, 1.807) is 24.2 Å². The van der Waals surface area contributed by atoms with Gasteiger partial charge in [-0.15, -0.1) is 11.8 Å². The molecule has 0 bridgehead atoms. The summed E-state index contributed by atoms with van der Waals surface area (Å²) in [5, 5.41) is -0.00725. The van der Waals surface area contributed by atoms with Gasteiger partial charge in [0.1, 0.15) is 11.1 Å². The number of hydrogen-bond acceptors (Lipinski definition) is 4. The second-order valence-electron chi connectivity index (χ2n) is 5.32. The molecular weight excluding hydrogens is 308 g/mol. The lowest BCUT2D eigenvalue weighted by Gasteiger charge is -2.36. The van der Waals surface area contributed by atoms with Gasteiger partial charge in [0, 0.05) is 36.7 Å². The molecule has 5 heteroatoms. The number of hydrogen-bond donors (Lipinski definition) is 0. The van der Waals surface area contributed by atoms with E-state index in [4.69, 9.17) is 4.74 Å². The number of amides is 1. The molecule has 1 amide bonds. The lowest BCUT2D eigenvalue weighted by atomic mass is 10.1. The van der Waals surface area contributed by atoms with Crippen molar-refractivity contribution in [3.05, 3.63) is 59.9 Å². The van der Waals surface area contributed by atoms with Gasteiger partial charge in [0.2, 0.25) is 5.91 Å². The normalized spacial score (nSPS) is 18.0. The molecule has 3 rings (SSSR count). The standard InChI is InChI=1S/C18H20N2O2S/c1-2-22-16-6-4-3-5-15(16)18-20(17(21)9-12-23-18)13-14-7-10-19-11-8-14/h3-8,10-11,18H,2,9,12-13H2,1H3. The highest BCUT2D eigenvalue weighted by Crippen LogP contribution is 2.41. The first-order chi connectivity index (χ1) is 11.3. The van der Waals surface area contributed by atoms with Crippen LogP contribution in [0.15, 0.2) is 48.8 Å². The average molecular weight is 328 g/mol. The van der Waals surface area contributed by atoms with Crippen molar-refractivity contribution in [1.29, 1.82) is 0 Å². The molecule has 1 unspecified atom stereocenters. The lowest BCUT2D eigenvalue weighted by Crippen LogP contribution is -2.36. The van der Waals surface area contributed by atoms with Crippen LogP contribution in [0.1, 0.15) is 29.8 Å². The van der Waals surface area contributed by atoms with Gasteiger partial charge in [-0.2, -0.15) is 0 Å². The molecule has 120 valence electrons. The quantitative estimate of drug-likeness (QED) is 0.840. The molecule has 1 atom stereocenters. The van der Waals surface area contributed by atoms with E-state index < -0.39 is 0 Å². The van der Waals surface area contributed by atoms with Crippen molar-refractivity contribution in [3.63, 3.8) is 0 Å². The van der Waals surface area contributed by atoms with Gasteiger partial charge in [-0.05, 0) is 30.7 Å². The summed E-state index contributed by atoms with van der Waals surface area (Å²) in [4.78, 5) is 18.5. The molecule has 2 aromatic rings. The first kappa shape index (κ1) is 15.9. The average Bonchev–Trinajstić information content (AvgIpc) is 2.59. The number of benzene rings is 1. The van der Waals surface area contributed by atoms with Gasteiger partial charge in [0.15, 0.2) is 0 Å². The Morgan fingerprint density at radius 3 is 2.83 bits per heavy atom. The maximum Gasteiger partial charge on any atom is 0.224 e. The summed E-state index contributed by atoms with van der Waals surface area (Å²) < 4.78 is 5.76. The largest absolute Gasteiger partial charge is 0.493 e. The van der Waals surface area contributed by atoms with E-state index in [-0.39, 0.29) is 11.3 Å². The van der Waals surface area contributed by atoms with Crippen LogP contribution >= 0.6 is 11.8 Å². The number of nitrogens with zero attached hydrogens (tertiary/aromatic N) is 2. The van der Waals surface area contributed by atoms with Crippen LogP contribution < -0.4 is 4.74 Å². The summed E-state index contributed by atoms with van der Waals surface area (Å²) >= 11 is 1.80. The van der Waals surface area contributed by atoms with E-state index in [2.05, 4.69) is 11.1 Å². The minimum absolute atomic E-state index is 0.00725. The second kappa shape index (κ2) is 7.51. The minimum atomic E-state index is -0.00725. The Kier molecular flexibility index (Phi) is 5.18. The topological polar surface area (TPSA) is 42.4 Å². The fourth-order valence-electron chi connectivity index (χ4n) is 2.71. The number of carbonyl (C=O) groups excluding carboxylic acids is 1. The number of carbonyl (C=O) groups is 1. The van der Waals surface area contributed by atoms with Crippen LogP contribution in [0.5, 0.6) is 5.75 Å². The van der Waals surface area contributed by atoms with Crippen LogP contribution in [-0.4, -0.2) is 28.2 Å². The molecule has 4 nitrogen and oxygen atoms in total. The van der Waals surface area contributed by atoms with E-state index in [1.165, 1.54) is 0 Å². The van der Waals surface area contributed by atoms with Crippen LogP contribution in [-0.2, 0) is 11.3 Å². The Balaban J connectivity index is 1.90. The van der Waals surface area contributed by atoms with Crippen LogP contribution in [0, 0.1) is 0 Å². The summed E-state index contributed by atoms with van der Waals surface area (Å²) in [7, 11) is 0. The zero-order chi connectivity index (χ0) is 16.1. The van der Waals surface area contributed by atoms with E-state index in [0.717, 1.165) is 22.6 Å². The monoisotopic (exact) mass is 328 g/mol. The molecule has 0 spiro atoms. The maximum absolute atomic E-state index is 12.5. The summed E-state index contributed by atoms with van der Waals surface area (Å²) in [5.41, 5.74) is 2.16. The second-order valence-corrected chi connectivity index (χ2v) is 6.51. The van der Waals surface area contributed by atoms with Crippen molar-refractivity contribution in [1.82, 2.24) is 9.88 Å². The molecule has 0 aliphatic carbocycles. The molecule has 0 radical (unpaired) electrons. The molecule has 2 heterocycles. The summed E-state index contributed by atoms with van der Waals surface area (Å²) in [5.74, 6) is 1.90. The summed E-state index contributed by atoms with van der Waals surface area (Å²) in [6, 6.07) is 11.9. The molecule has 1 fully saturated rings. The van der Waals surface area contributed by atoms with Crippen molar-refractivity contribution < 1.29 is 9.53 Å². The summed E-state index contributed by atoms with van der Waals surface area (Å²) in [6.07, 6.45) is 4.11. The lowest BCUT2D eigenvalue weighted by molar-refractivity contribution is -0.132. The van der Waals surface area contributed by atoms with Gasteiger partial charge >= 0.3 is 0 Å².